The van der Waals surface area contributed by atoms with Gasteiger partial charge in [0.2, 0.25) is 5.82 Å². The molecular weight excluding hydrogens is 349 g/mol. The Morgan fingerprint density at radius 1 is 1.05 bits per heavy atom. The first-order valence-electron chi connectivity index (χ1n) is 5.59. The summed E-state index contributed by atoms with van der Waals surface area (Å²) in [4.78, 5) is 12.7. The third-order valence-corrected chi connectivity index (χ3v) is 3.09. The van der Waals surface area contributed by atoms with Gasteiger partial charge >= 0.3 is 0 Å². The molecule has 2 nitrogen and oxygen atoms in total. The van der Waals surface area contributed by atoms with Crippen LogP contribution < -0.4 is 0 Å². The van der Waals surface area contributed by atoms with Crippen LogP contribution in [-0.4, -0.2) is 29.2 Å². The first-order chi connectivity index (χ1) is 9.18. The van der Waals surface area contributed by atoms with Gasteiger partial charge in [0, 0.05) is 18.4 Å². The lowest BCUT2D eigenvalue weighted by molar-refractivity contribution is 0.0780. The van der Waals surface area contributed by atoms with E-state index in [1.165, 1.54) is 7.05 Å². The maximum absolute atomic E-state index is 13.4. The molecule has 0 aliphatic carbocycles. The van der Waals surface area contributed by atoms with E-state index in [1.807, 2.05) is 0 Å². The maximum Gasteiger partial charge on any atom is 0.259 e. The molecule has 0 aromatic heterocycles. The molecule has 1 amide bonds. The minimum atomic E-state index is -2.28. The molecule has 112 valence electrons. The molecule has 0 N–H and O–H groups in total. The molecule has 0 bridgehead atoms. The summed E-state index contributed by atoms with van der Waals surface area (Å²) < 4.78 is 65.7. The molecule has 1 aromatic rings. The largest absolute Gasteiger partial charge is 0.341 e. The summed E-state index contributed by atoms with van der Waals surface area (Å²) in [6, 6.07) is 0. The van der Waals surface area contributed by atoms with Crippen LogP contribution in [0.4, 0.5) is 22.0 Å². The van der Waals surface area contributed by atoms with E-state index in [9.17, 15) is 26.7 Å². The van der Waals surface area contributed by atoms with Crippen molar-refractivity contribution in [2.45, 2.75) is 18.2 Å². The number of benzene rings is 1. The fourth-order valence-electron chi connectivity index (χ4n) is 1.46. The van der Waals surface area contributed by atoms with Crippen molar-refractivity contribution in [2.75, 3.05) is 13.6 Å². The molecule has 1 atom stereocenters. The molecule has 1 rings (SSSR count). The second kappa shape index (κ2) is 6.51. The highest BCUT2D eigenvalue weighted by Gasteiger charge is 2.31. The highest BCUT2D eigenvalue weighted by Crippen LogP contribution is 2.24. The molecule has 0 saturated carbocycles. The van der Waals surface area contributed by atoms with Crippen LogP contribution in [0.15, 0.2) is 0 Å². The third kappa shape index (κ3) is 3.28. The Morgan fingerprint density at radius 2 is 1.45 bits per heavy atom. The minimum absolute atomic E-state index is 0.0362. The molecule has 8 heteroatoms. The summed E-state index contributed by atoms with van der Waals surface area (Å²) in [5.41, 5.74) is -1.44. The fourth-order valence-corrected chi connectivity index (χ4v) is 1.66. The number of carbonyl (C=O) groups excluding carboxylic acids is 1. The lowest BCUT2D eigenvalue weighted by Crippen LogP contribution is -2.31. The third-order valence-electron chi connectivity index (χ3n) is 2.63. The second-order valence-corrected chi connectivity index (χ2v) is 5.80. The van der Waals surface area contributed by atoms with Gasteiger partial charge in [0.25, 0.3) is 5.91 Å². The molecule has 0 radical (unpaired) electrons. The van der Waals surface area contributed by atoms with E-state index in [1.54, 1.807) is 6.92 Å². The van der Waals surface area contributed by atoms with Crippen LogP contribution in [0.5, 0.6) is 0 Å². The summed E-state index contributed by atoms with van der Waals surface area (Å²) in [5.74, 6) is -12.0. The maximum atomic E-state index is 13.4. The molecule has 20 heavy (non-hydrogen) atoms. The monoisotopic (exact) mass is 359 g/mol. The average Bonchev–Trinajstić information content (AvgIpc) is 2.40. The average molecular weight is 360 g/mol. The number of amides is 1. The smallest absolute Gasteiger partial charge is 0.259 e. The fraction of sp³-hybridized carbons (Fsp3) is 0.417. The molecule has 1 unspecified atom stereocenters. The van der Waals surface area contributed by atoms with E-state index >= 15 is 0 Å². The van der Waals surface area contributed by atoms with E-state index in [0.29, 0.717) is 6.42 Å². The van der Waals surface area contributed by atoms with Gasteiger partial charge in [-0.05, 0) is 6.42 Å². The van der Waals surface area contributed by atoms with Crippen LogP contribution >= 0.6 is 15.9 Å². The van der Waals surface area contributed by atoms with E-state index in [2.05, 4.69) is 15.9 Å². The normalized spacial score (nSPS) is 12.4. The van der Waals surface area contributed by atoms with Gasteiger partial charge in [-0.3, -0.25) is 4.79 Å². The predicted molar refractivity (Wildman–Crippen MR) is 66.2 cm³/mol. The number of alkyl halides is 1. The predicted octanol–water partition coefficient (Wildman–Crippen LogP) is 3.63. The van der Waals surface area contributed by atoms with Crippen molar-refractivity contribution in [3.8, 4) is 0 Å². The van der Waals surface area contributed by atoms with Gasteiger partial charge in [-0.1, -0.05) is 22.9 Å². The minimum Gasteiger partial charge on any atom is -0.341 e. The number of rotatable bonds is 4. The lowest BCUT2D eigenvalue weighted by Gasteiger charge is -2.19. The molecule has 0 heterocycles. The Hall–Kier alpha value is -1.18. The number of nitrogens with zero attached hydrogens (tertiary/aromatic N) is 1. The molecule has 0 aliphatic rings. The Bertz CT molecular complexity index is 506. The van der Waals surface area contributed by atoms with Crippen LogP contribution in [0, 0.1) is 29.1 Å². The molecule has 0 spiro atoms. The first kappa shape index (κ1) is 16.9. The first-order valence-corrected chi connectivity index (χ1v) is 6.51. The van der Waals surface area contributed by atoms with Crippen molar-refractivity contribution in [1.82, 2.24) is 4.90 Å². The number of hydrogen-bond acceptors (Lipinski definition) is 1. The van der Waals surface area contributed by atoms with Crippen LogP contribution in [0.3, 0.4) is 0 Å². The van der Waals surface area contributed by atoms with Crippen molar-refractivity contribution < 1.29 is 26.7 Å². The van der Waals surface area contributed by atoms with Gasteiger partial charge in [0.15, 0.2) is 23.3 Å². The Labute approximate surface area is 120 Å². The van der Waals surface area contributed by atoms with Crippen LogP contribution in [-0.2, 0) is 0 Å². The van der Waals surface area contributed by atoms with Crippen molar-refractivity contribution in [3.05, 3.63) is 34.6 Å². The van der Waals surface area contributed by atoms with Gasteiger partial charge in [-0.2, -0.15) is 0 Å². The van der Waals surface area contributed by atoms with Crippen LogP contribution in [0.1, 0.15) is 23.7 Å². The quantitative estimate of drug-likeness (QED) is 0.348. The van der Waals surface area contributed by atoms with Crippen LogP contribution in [0.25, 0.3) is 0 Å². The van der Waals surface area contributed by atoms with Gasteiger partial charge in [0.05, 0.1) is 0 Å². The zero-order chi connectivity index (χ0) is 15.6. The lowest BCUT2D eigenvalue weighted by atomic mass is 10.1. The topological polar surface area (TPSA) is 20.3 Å². The van der Waals surface area contributed by atoms with Crippen molar-refractivity contribution >= 4 is 21.8 Å². The van der Waals surface area contributed by atoms with Gasteiger partial charge < -0.3 is 4.90 Å². The number of halogens is 6. The Morgan fingerprint density at radius 3 is 1.85 bits per heavy atom. The highest BCUT2D eigenvalue weighted by atomic mass is 79.9. The standard InChI is InChI=1S/C12H11BrF5NO/c1-5(13)3-4-19(2)12(20)6-7(14)9(16)11(18)10(17)8(6)15/h5H,3-4H2,1-2H3. The molecular formula is C12H11BrF5NO. The zero-order valence-corrected chi connectivity index (χ0v) is 12.2. The highest BCUT2D eigenvalue weighted by molar-refractivity contribution is 9.09. The molecule has 0 saturated heterocycles. The summed E-state index contributed by atoms with van der Waals surface area (Å²) in [7, 11) is 1.22. The Kier molecular flexibility index (Phi) is 5.50. The van der Waals surface area contributed by atoms with E-state index in [-0.39, 0.29) is 11.4 Å². The molecule has 0 fully saturated rings. The van der Waals surface area contributed by atoms with E-state index < -0.39 is 40.6 Å². The molecule has 1 aromatic carbocycles. The number of hydrogen-bond donors (Lipinski definition) is 0. The van der Waals surface area contributed by atoms with E-state index in [0.717, 1.165) is 4.90 Å². The van der Waals surface area contributed by atoms with Gasteiger partial charge in [-0.25, -0.2) is 22.0 Å². The van der Waals surface area contributed by atoms with Gasteiger partial charge in [0.1, 0.15) is 5.56 Å². The summed E-state index contributed by atoms with van der Waals surface area (Å²) >= 11 is 3.21. The summed E-state index contributed by atoms with van der Waals surface area (Å²) in [6.45, 7) is 1.89. The summed E-state index contributed by atoms with van der Waals surface area (Å²) in [5, 5.41) is 0. The zero-order valence-electron chi connectivity index (χ0n) is 10.6. The molecule has 0 aliphatic heterocycles. The van der Waals surface area contributed by atoms with E-state index in [4.69, 9.17) is 0 Å². The SMILES string of the molecule is CC(Br)CCN(C)C(=O)c1c(F)c(F)c(F)c(F)c1F. The van der Waals surface area contributed by atoms with Gasteiger partial charge in [-0.15, -0.1) is 0 Å². The Balaban J connectivity index is 3.17. The van der Waals surface area contributed by atoms with Crippen molar-refractivity contribution in [3.63, 3.8) is 0 Å². The van der Waals surface area contributed by atoms with Crippen LogP contribution in [0.2, 0.25) is 0 Å². The van der Waals surface area contributed by atoms with Crippen molar-refractivity contribution in [2.24, 2.45) is 0 Å². The van der Waals surface area contributed by atoms with Crippen molar-refractivity contribution in [1.29, 1.82) is 0 Å². The summed E-state index contributed by atoms with van der Waals surface area (Å²) in [6.07, 6.45) is 0.456. The number of carbonyl (C=O) groups is 1. The second-order valence-electron chi connectivity index (χ2n) is 4.24.